The van der Waals surface area contributed by atoms with Gasteiger partial charge in [-0.2, -0.15) is 13.2 Å². The van der Waals surface area contributed by atoms with Crippen LogP contribution in [0.2, 0.25) is 0 Å². The van der Waals surface area contributed by atoms with Crippen molar-refractivity contribution in [3.63, 3.8) is 0 Å². The summed E-state index contributed by atoms with van der Waals surface area (Å²) in [4.78, 5) is 15.9. The van der Waals surface area contributed by atoms with Crippen molar-refractivity contribution >= 4 is 28.4 Å². The average Bonchev–Trinajstić information content (AvgIpc) is 3.46. The summed E-state index contributed by atoms with van der Waals surface area (Å²) in [6, 6.07) is 3.55. The van der Waals surface area contributed by atoms with Gasteiger partial charge in [-0.25, -0.2) is 4.79 Å². The van der Waals surface area contributed by atoms with Crippen molar-refractivity contribution in [1.82, 2.24) is 9.47 Å². The quantitative estimate of drug-likeness (QED) is 0.591. The number of nitrogens with two attached hydrogens (primary N) is 1. The Morgan fingerprint density at radius 3 is 2.52 bits per heavy atom. The molecule has 33 heavy (non-hydrogen) atoms. The molecule has 2 N–H and O–H groups in total. The molecule has 1 saturated carbocycles. The van der Waals surface area contributed by atoms with E-state index >= 15 is 0 Å². The SMILES string of the molecule is CN(C[C@@H]1CCCN(c2c(N)ccc3c2c(C(F)(F)F)cn3C2CC2)C1)C(=O)OC(C)(C)C. The van der Waals surface area contributed by atoms with Crippen LogP contribution in [-0.2, 0) is 10.9 Å². The van der Waals surface area contributed by atoms with Gasteiger partial charge < -0.3 is 24.8 Å². The van der Waals surface area contributed by atoms with Crippen LogP contribution in [-0.4, -0.2) is 47.8 Å². The minimum atomic E-state index is -4.47. The van der Waals surface area contributed by atoms with E-state index in [2.05, 4.69) is 0 Å². The number of halogens is 3. The van der Waals surface area contributed by atoms with Crippen molar-refractivity contribution in [2.75, 3.05) is 37.3 Å². The summed E-state index contributed by atoms with van der Waals surface area (Å²) in [6.45, 7) is 7.07. The molecule has 1 atom stereocenters. The monoisotopic (exact) mass is 466 g/mol. The molecule has 0 spiro atoms. The molecule has 2 fully saturated rings. The van der Waals surface area contributed by atoms with Crippen LogP contribution in [0.4, 0.5) is 29.3 Å². The summed E-state index contributed by atoms with van der Waals surface area (Å²) in [5, 5.41) is 0.190. The Bertz CT molecular complexity index is 1040. The summed E-state index contributed by atoms with van der Waals surface area (Å²) in [5.74, 6) is 0.103. The summed E-state index contributed by atoms with van der Waals surface area (Å²) < 4.78 is 49.3. The molecule has 0 bridgehead atoms. The first-order valence-electron chi connectivity index (χ1n) is 11.5. The molecule has 1 aliphatic heterocycles. The Morgan fingerprint density at radius 1 is 1.21 bits per heavy atom. The minimum absolute atomic E-state index is 0.103. The molecule has 0 radical (unpaired) electrons. The molecule has 9 heteroatoms. The van der Waals surface area contributed by atoms with Crippen LogP contribution in [0.3, 0.4) is 0 Å². The molecule has 2 aliphatic rings. The van der Waals surface area contributed by atoms with Crippen LogP contribution in [0.25, 0.3) is 10.9 Å². The first-order chi connectivity index (χ1) is 15.3. The summed E-state index contributed by atoms with van der Waals surface area (Å²) >= 11 is 0. The molecule has 1 aromatic heterocycles. The predicted molar refractivity (Wildman–Crippen MR) is 123 cm³/mol. The molecule has 2 aromatic rings. The fraction of sp³-hybridized carbons (Fsp3) is 0.625. The van der Waals surface area contributed by atoms with E-state index < -0.39 is 23.4 Å². The number of hydrogen-bond acceptors (Lipinski definition) is 4. The van der Waals surface area contributed by atoms with Crippen molar-refractivity contribution < 1.29 is 22.7 Å². The number of piperidine rings is 1. The highest BCUT2D eigenvalue weighted by Crippen LogP contribution is 2.47. The zero-order valence-corrected chi connectivity index (χ0v) is 19.7. The molecule has 182 valence electrons. The predicted octanol–water partition coefficient (Wildman–Crippen LogP) is 5.66. The third-order valence-corrected chi connectivity index (χ3v) is 6.32. The normalized spacial score (nSPS) is 19.7. The molecule has 1 aromatic carbocycles. The molecular formula is C24H33F3N4O2. The van der Waals surface area contributed by atoms with Crippen molar-refractivity contribution in [3.8, 4) is 0 Å². The Morgan fingerprint density at radius 2 is 1.91 bits per heavy atom. The minimum Gasteiger partial charge on any atom is -0.444 e. The van der Waals surface area contributed by atoms with E-state index in [0.717, 1.165) is 25.7 Å². The van der Waals surface area contributed by atoms with Gasteiger partial charge in [-0.3, -0.25) is 0 Å². The van der Waals surface area contributed by atoms with Gasteiger partial charge in [0.1, 0.15) is 5.60 Å². The van der Waals surface area contributed by atoms with Gasteiger partial charge in [0.05, 0.1) is 22.5 Å². The second-order valence-corrected chi connectivity index (χ2v) is 10.4. The lowest BCUT2D eigenvalue weighted by atomic mass is 9.96. The molecule has 6 nitrogen and oxygen atoms in total. The van der Waals surface area contributed by atoms with E-state index in [1.54, 1.807) is 28.6 Å². The van der Waals surface area contributed by atoms with E-state index in [9.17, 15) is 18.0 Å². The highest BCUT2D eigenvalue weighted by atomic mass is 19.4. The molecule has 1 aliphatic carbocycles. The summed E-state index contributed by atoms with van der Waals surface area (Å²) in [5.41, 5.74) is 6.48. The van der Waals surface area contributed by atoms with Crippen molar-refractivity contribution in [3.05, 3.63) is 23.9 Å². The third-order valence-electron chi connectivity index (χ3n) is 6.32. The van der Waals surface area contributed by atoms with Gasteiger partial charge in [0.15, 0.2) is 0 Å². The van der Waals surface area contributed by atoms with Gasteiger partial charge in [-0.1, -0.05) is 0 Å². The lowest BCUT2D eigenvalue weighted by molar-refractivity contribution is -0.136. The van der Waals surface area contributed by atoms with Gasteiger partial charge in [-0.05, 0) is 64.5 Å². The number of aromatic nitrogens is 1. The molecule has 0 unspecified atom stereocenters. The fourth-order valence-electron chi connectivity index (χ4n) is 4.78. The fourth-order valence-corrected chi connectivity index (χ4v) is 4.78. The molecule has 4 rings (SSSR count). The number of benzene rings is 1. The van der Waals surface area contributed by atoms with E-state index in [4.69, 9.17) is 10.5 Å². The number of anilines is 2. The Labute approximate surface area is 192 Å². The number of carbonyl (C=O) groups is 1. The topological polar surface area (TPSA) is 63.7 Å². The third kappa shape index (κ3) is 5.01. The van der Waals surface area contributed by atoms with Crippen LogP contribution >= 0.6 is 0 Å². The second kappa shape index (κ2) is 8.33. The maximum Gasteiger partial charge on any atom is 0.418 e. The molecule has 1 saturated heterocycles. The Hall–Kier alpha value is -2.58. The highest BCUT2D eigenvalue weighted by Gasteiger charge is 2.39. The number of nitrogen functional groups attached to an aromatic ring is 1. The first kappa shape index (κ1) is 23.6. The zero-order chi connectivity index (χ0) is 24.1. The second-order valence-electron chi connectivity index (χ2n) is 10.4. The first-order valence-corrected chi connectivity index (χ1v) is 11.5. The van der Waals surface area contributed by atoms with E-state index in [-0.39, 0.29) is 17.3 Å². The summed E-state index contributed by atoms with van der Waals surface area (Å²) in [6.07, 6.45) is -0.132. The van der Waals surface area contributed by atoms with Gasteiger partial charge in [0.25, 0.3) is 0 Å². The number of hydrogen-bond donors (Lipinski definition) is 1. The maximum atomic E-state index is 14.0. The van der Waals surface area contributed by atoms with Crippen LogP contribution in [0, 0.1) is 5.92 Å². The number of nitrogens with zero attached hydrogens (tertiary/aromatic N) is 3. The summed E-state index contributed by atoms with van der Waals surface area (Å²) in [7, 11) is 1.69. The van der Waals surface area contributed by atoms with Gasteiger partial charge >= 0.3 is 12.3 Å². The lowest BCUT2D eigenvalue weighted by Crippen LogP contribution is -2.43. The van der Waals surface area contributed by atoms with Gasteiger partial charge in [0.2, 0.25) is 0 Å². The average molecular weight is 467 g/mol. The number of carbonyl (C=O) groups excluding carboxylic acids is 1. The van der Waals surface area contributed by atoms with E-state index in [1.807, 2.05) is 25.7 Å². The molecular weight excluding hydrogens is 433 g/mol. The zero-order valence-electron chi connectivity index (χ0n) is 19.7. The Kier molecular flexibility index (Phi) is 5.95. The van der Waals surface area contributed by atoms with Crippen LogP contribution in [0.15, 0.2) is 18.3 Å². The molecule has 1 amide bonds. The largest absolute Gasteiger partial charge is 0.444 e. The standard InChI is InChI=1S/C24H33F3N4O2/c1-23(2,3)33-22(32)29(4)12-15-6-5-11-30(13-15)21-18(28)9-10-19-20(21)17(24(25,26)27)14-31(19)16-7-8-16/h9-10,14-16H,5-8,11-13,28H2,1-4H3/t15-/m0/s1. The molecule has 2 heterocycles. The van der Waals surface area contributed by atoms with Crippen LogP contribution < -0.4 is 10.6 Å². The number of alkyl halides is 3. The van der Waals surface area contributed by atoms with Gasteiger partial charge in [0, 0.05) is 44.3 Å². The van der Waals surface area contributed by atoms with Crippen molar-refractivity contribution in [2.24, 2.45) is 5.92 Å². The Balaban J connectivity index is 1.63. The number of ether oxygens (including phenoxy) is 1. The van der Waals surface area contributed by atoms with Crippen LogP contribution in [0.5, 0.6) is 0 Å². The van der Waals surface area contributed by atoms with E-state index in [1.165, 1.54) is 6.20 Å². The van der Waals surface area contributed by atoms with Crippen molar-refractivity contribution in [2.45, 2.75) is 64.3 Å². The highest BCUT2D eigenvalue weighted by molar-refractivity contribution is 6.02. The smallest absolute Gasteiger partial charge is 0.418 e. The lowest BCUT2D eigenvalue weighted by Gasteiger charge is -2.37. The number of fused-ring (bicyclic) bond motifs is 1. The number of rotatable bonds is 4. The number of amides is 1. The van der Waals surface area contributed by atoms with E-state index in [0.29, 0.717) is 36.5 Å². The van der Waals surface area contributed by atoms with Crippen molar-refractivity contribution in [1.29, 1.82) is 0 Å². The maximum absolute atomic E-state index is 14.0. The van der Waals surface area contributed by atoms with Gasteiger partial charge in [-0.15, -0.1) is 0 Å². The van der Waals surface area contributed by atoms with Crippen LogP contribution in [0.1, 0.15) is 58.1 Å².